The first kappa shape index (κ1) is 12.6. The molecular formula is C10H21NO2. The Morgan fingerprint density at radius 3 is 2.15 bits per heavy atom. The summed E-state index contributed by atoms with van der Waals surface area (Å²) in [5, 5.41) is 0. The first-order valence-electron chi connectivity index (χ1n) is 4.83. The van der Waals surface area contributed by atoms with E-state index in [1.165, 1.54) is 0 Å². The Labute approximate surface area is 80.6 Å². The minimum absolute atomic E-state index is 0.0567. The third-order valence-electron chi connectivity index (χ3n) is 2.03. The van der Waals surface area contributed by atoms with Crippen LogP contribution < -0.4 is 5.73 Å². The van der Waals surface area contributed by atoms with Gasteiger partial charge in [0.2, 0.25) is 0 Å². The lowest BCUT2D eigenvalue weighted by molar-refractivity contribution is -0.129. The van der Waals surface area contributed by atoms with Gasteiger partial charge in [-0.15, -0.1) is 0 Å². The van der Waals surface area contributed by atoms with Crippen molar-refractivity contribution >= 4 is 5.78 Å². The number of ketones is 1. The van der Waals surface area contributed by atoms with E-state index in [2.05, 4.69) is 0 Å². The van der Waals surface area contributed by atoms with E-state index in [1.807, 2.05) is 27.7 Å². The van der Waals surface area contributed by atoms with E-state index in [1.54, 1.807) is 0 Å². The van der Waals surface area contributed by atoms with Crippen LogP contribution >= 0.6 is 0 Å². The van der Waals surface area contributed by atoms with Crippen molar-refractivity contribution in [1.29, 1.82) is 0 Å². The Bertz CT molecular complexity index is 155. The van der Waals surface area contributed by atoms with Crippen LogP contribution in [-0.2, 0) is 9.53 Å². The van der Waals surface area contributed by atoms with Crippen LogP contribution in [-0.4, -0.2) is 25.0 Å². The van der Waals surface area contributed by atoms with Crippen molar-refractivity contribution in [1.82, 2.24) is 0 Å². The van der Waals surface area contributed by atoms with Gasteiger partial charge in [-0.1, -0.05) is 13.8 Å². The van der Waals surface area contributed by atoms with Crippen molar-refractivity contribution in [2.45, 2.75) is 33.8 Å². The Hall–Kier alpha value is -0.410. The van der Waals surface area contributed by atoms with Crippen molar-refractivity contribution < 1.29 is 9.53 Å². The van der Waals surface area contributed by atoms with Crippen LogP contribution in [0.2, 0.25) is 0 Å². The molecule has 0 aromatic rings. The Morgan fingerprint density at radius 1 is 1.31 bits per heavy atom. The molecule has 0 aliphatic carbocycles. The van der Waals surface area contributed by atoms with Crippen molar-refractivity contribution in [3.05, 3.63) is 0 Å². The summed E-state index contributed by atoms with van der Waals surface area (Å²) in [7, 11) is 0. The molecule has 0 bridgehead atoms. The van der Waals surface area contributed by atoms with Crippen molar-refractivity contribution in [3.8, 4) is 0 Å². The molecule has 0 saturated heterocycles. The molecule has 78 valence electrons. The summed E-state index contributed by atoms with van der Waals surface area (Å²) in [5.74, 6) is 0.359. The van der Waals surface area contributed by atoms with Gasteiger partial charge in [-0.05, 0) is 19.8 Å². The molecule has 0 aliphatic rings. The fraction of sp³-hybridized carbons (Fsp3) is 0.900. The Kier molecular flexibility index (Phi) is 5.91. The molecule has 0 amide bonds. The van der Waals surface area contributed by atoms with Gasteiger partial charge in [0.25, 0.3) is 0 Å². The van der Waals surface area contributed by atoms with E-state index in [9.17, 15) is 4.79 Å². The quantitative estimate of drug-likeness (QED) is 0.680. The number of rotatable bonds is 6. The van der Waals surface area contributed by atoms with Gasteiger partial charge >= 0.3 is 0 Å². The van der Waals surface area contributed by atoms with Gasteiger partial charge in [0.05, 0.1) is 6.10 Å². The Balaban J connectivity index is 3.92. The van der Waals surface area contributed by atoms with Gasteiger partial charge < -0.3 is 10.5 Å². The molecule has 0 saturated carbocycles. The summed E-state index contributed by atoms with van der Waals surface area (Å²) in [4.78, 5) is 11.5. The second kappa shape index (κ2) is 6.11. The molecule has 0 aromatic carbocycles. The number of carbonyl (C=O) groups is 1. The van der Waals surface area contributed by atoms with Gasteiger partial charge in [0.15, 0.2) is 5.78 Å². The van der Waals surface area contributed by atoms with Crippen LogP contribution in [0.4, 0.5) is 0 Å². The minimum Gasteiger partial charge on any atom is -0.371 e. The van der Waals surface area contributed by atoms with Gasteiger partial charge in [-0.25, -0.2) is 0 Å². The Morgan fingerprint density at radius 2 is 1.85 bits per heavy atom. The maximum Gasteiger partial charge on any atom is 0.163 e. The van der Waals surface area contributed by atoms with Crippen LogP contribution in [0, 0.1) is 11.8 Å². The average molecular weight is 187 g/mol. The van der Waals surface area contributed by atoms with Crippen LogP contribution in [0.3, 0.4) is 0 Å². The standard InChI is InChI=1S/C10H21NO2/c1-7(2)9(5-11)10(12)6-13-8(3)4/h7-9H,5-6,11H2,1-4H3. The fourth-order valence-corrected chi connectivity index (χ4v) is 1.13. The largest absolute Gasteiger partial charge is 0.371 e. The van der Waals surface area contributed by atoms with Crippen molar-refractivity contribution in [2.24, 2.45) is 17.6 Å². The molecule has 0 spiro atoms. The molecule has 0 fully saturated rings. The SMILES string of the molecule is CC(C)OCC(=O)C(CN)C(C)C. The number of nitrogens with two attached hydrogens (primary N) is 1. The van der Waals surface area contributed by atoms with Gasteiger partial charge in [0, 0.05) is 12.5 Å². The number of hydrogen-bond donors (Lipinski definition) is 1. The zero-order chi connectivity index (χ0) is 10.4. The second-order valence-corrected chi connectivity index (χ2v) is 3.91. The molecule has 0 radical (unpaired) electrons. The topological polar surface area (TPSA) is 52.3 Å². The molecule has 0 aromatic heterocycles. The van der Waals surface area contributed by atoms with Crippen molar-refractivity contribution in [2.75, 3.05) is 13.2 Å². The molecular weight excluding hydrogens is 166 g/mol. The fourth-order valence-electron chi connectivity index (χ4n) is 1.13. The van der Waals surface area contributed by atoms with Gasteiger partial charge in [-0.2, -0.15) is 0 Å². The number of hydrogen-bond acceptors (Lipinski definition) is 3. The van der Waals surface area contributed by atoms with E-state index >= 15 is 0 Å². The van der Waals surface area contributed by atoms with Crippen LogP contribution in [0.15, 0.2) is 0 Å². The summed E-state index contributed by atoms with van der Waals surface area (Å²) in [5.41, 5.74) is 5.50. The predicted octanol–water partition coefficient (Wildman–Crippen LogP) is 1.21. The first-order chi connectivity index (χ1) is 5.99. The maximum atomic E-state index is 11.5. The lowest BCUT2D eigenvalue weighted by Gasteiger charge is -2.18. The summed E-state index contributed by atoms with van der Waals surface area (Å²) in [6, 6.07) is 0. The molecule has 0 aliphatic heterocycles. The molecule has 1 atom stereocenters. The highest BCUT2D eigenvalue weighted by atomic mass is 16.5. The predicted molar refractivity (Wildman–Crippen MR) is 53.5 cm³/mol. The molecule has 3 heteroatoms. The van der Waals surface area contributed by atoms with E-state index in [-0.39, 0.29) is 24.4 Å². The summed E-state index contributed by atoms with van der Waals surface area (Å²) < 4.78 is 5.23. The zero-order valence-electron chi connectivity index (χ0n) is 9.04. The molecule has 0 rings (SSSR count). The summed E-state index contributed by atoms with van der Waals surface area (Å²) in [6.07, 6.45) is 0.106. The number of carbonyl (C=O) groups excluding carboxylic acids is 1. The number of Topliss-reactive ketones (excluding diaryl/α,β-unsaturated/α-hetero) is 1. The zero-order valence-corrected chi connectivity index (χ0v) is 9.04. The highest BCUT2D eigenvalue weighted by Crippen LogP contribution is 2.10. The van der Waals surface area contributed by atoms with Crippen LogP contribution in [0.5, 0.6) is 0 Å². The average Bonchev–Trinajstić information content (AvgIpc) is 2.01. The monoisotopic (exact) mass is 187 g/mol. The highest BCUT2D eigenvalue weighted by Gasteiger charge is 2.20. The molecule has 1 unspecified atom stereocenters. The third kappa shape index (κ3) is 5.01. The van der Waals surface area contributed by atoms with Gasteiger partial charge in [-0.3, -0.25) is 4.79 Å². The molecule has 13 heavy (non-hydrogen) atoms. The summed E-state index contributed by atoms with van der Waals surface area (Å²) in [6.45, 7) is 8.45. The molecule has 0 heterocycles. The highest BCUT2D eigenvalue weighted by molar-refractivity contribution is 5.82. The normalized spacial score (nSPS) is 13.8. The van der Waals surface area contributed by atoms with E-state index in [4.69, 9.17) is 10.5 Å². The lowest BCUT2D eigenvalue weighted by atomic mass is 9.92. The third-order valence-corrected chi connectivity index (χ3v) is 2.03. The van der Waals surface area contributed by atoms with E-state index in [0.29, 0.717) is 12.5 Å². The first-order valence-corrected chi connectivity index (χ1v) is 4.83. The van der Waals surface area contributed by atoms with Gasteiger partial charge in [0.1, 0.15) is 6.61 Å². The molecule has 3 nitrogen and oxygen atoms in total. The second-order valence-electron chi connectivity index (χ2n) is 3.91. The van der Waals surface area contributed by atoms with E-state index < -0.39 is 0 Å². The smallest absolute Gasteiger partial charge is 0.163 e. The van der Waals surface area contributed by atoms with E-state index in [0.717, 1.165) is 0 Å². The van der Waals surface area contributed by atoms with Crippen LogP contribution in [0.1, 0.15) is 27.7 Å². The maximum absolute atomic E-state index is 11.5. The summed E-state index contributed by atoms with van der Waals surface area (Å²) >= 11 is 0. The molecule has 2 N–H and O–H groups in total. The van der Waals surface area contributed by atoms with Crippen LogP contribution in [0.25, 0.3) is 0 Å². The number of ether oxygens (including phenoxy) is 1. The minimum atomic E-state index is -0.0567. The lowest BCUT2D eigenvalue weighted by Crippen LogP contribution is -2.31. The van der Waals surface area contributed by atoms with Crippen molar-refractivity contribution in [3.63, 3.8) is 0 Å².